The number of carbonyl (C=O) groups excluding carboxylic acids is 1. The lowest BCUT2D eigenvalue weighted by Crippen LogP contribution is -2.39. The molecule has 13 nitrogen and oxygen atoms in total. The van der Waals surface area contributed by atoms with Crippen LogP contribution in [-0.4, -0.2) is 85.6 Å². The van der Waals surface area contributed by atoms with Gasteiger partial charge < -0.3 is 33.3 Å². The molecule has 2 N–H and O–H groups in total. The summed E-state index contributed by atoms with van der Waals surface area (Å²) in [7, 11) is 1.44. The van der Waals surface area contributed by atoms with Gasteiger partial charge in [-0.15, -0.1) is 0 Å². The van der Waals surface area contributed by atoms with Crippen molar-refractivity contribution in [3.05, 3.63) is 128 Å². The third kappa shape index (κ3) is 10.7. The third-order valence-corrected chi connectivity index (χ3v) is 11.7. The van der Waals surface area contributed by atoms with Crippen LogP contribution in [0.4, 0.5) is 13.2 Å². The topological polar surface area (TPSA) is 143 Å². The van der Waals surface area contributed by atoms with Crippen molar-refractivity contribution in [1.82, 2.24) is 19.5 Å². The Morgan fingerprint density at radius 2 is 1.50 bits per heavy atom. The summed E-state index contributed by atoms with van der Waals surface area (Å²) >= 11 is 0. The molecule has 0 saturated carbocycles. The Balaban J connectivity index is 1.49. The molecule has 4 aromatic rings. The van der Waals surface area contributed by atoms with E-state index in [0.29, 0.717) is 36.6 Å². The molecule has 5 rings (SSSR count). The Labute approximate surface area is 336 Å². The third-order valence-electron chi connectivity index (χ3n) is 9.78. The number of H-pyrrole nitrogens is 1. The van der Waals surface area contributed by atoms with Crippen molar-refractivity contribution in [2.24, 2.45) is 0 Å². The van der Waals surface area contributed by atoms with Crippen molar-refractivity contribution in [3.8, 4) is 11.5 Å². The maximum absolute atomic E-state index is 13.1. The van der Waals surface area contributed by atoms with Gasteiger partial charge in [0.05, 0.1) is 33.5 Å². The van der Waals surface area contributed by atoms with E-state index < -0.39 is 55.9 Å². The number of hydrogen-bond acceptors (Lipinski definition) is 10. The predicted octanol–water partition coefficient (Wildman–Crippen LogP) is 6.59. The maximum atomic E-state index is 13.1. The molecule has 17 heteroatoms. The first-order chi connectivity index (χ1) is 27.8. The van der Waals surface area contributed by atoms with Gasteiger partial charge in [0.25, 0.3) is 14.1 Å². The van der Waals surface area contributed by atoms with Crippen molar-refractivity contribution in [3.63, 3.8) is 0 Å². The molecule has 0 spiro atoms. The number of ether oxygens (including phenoxy) is 4. The van der Waals surface area contributed by atoms with Crippen LogP contribution in [0.15, 0.2) is 94.6 Å². The summed E-state index contributed by atoms with van der Waals surface area (Å²) in [5, 5.41) is 1.88. The van der Waals surface area contributed by atoms with Gasteiger partial charge in [-0.1, -0.05) is 68.4 Å². The van der Waals surface area contributed by atoms with Crippen molar-refractivity contribution in [2.45, 2.75) is 70.2 Å². The molecule has 314 valence electrons. The van der Waals surface area contributed by atoms with Gasteiger partial charge in [-0.2, -0.15) is 13.2 Å². The molecular weight excluding hydrogens is 780 g/mol. The lowest BCUT2D eigenvalue weighted by atomic mass is 9.80. The first kappa shape index (κ1) is 44.5. The second kappa shape index (κ2) is 20.4. The molecule has 1 aromatic heterocycles. The molecule has 1 fully saturated rings. The van der Waals surface area contributed by atoms with Gasteiger partial charge in [-0.25, -0.2) is 9.46 Å². The summed E-state index contributed by atoms with van der Waals surface area (Å²) < 4.78 is 79.0. The monoisotopic (exact) mass is 830 g/mol. The number of rotatable bonds is 20. The molecule has 58 heavy (non-hydrogen) atoms. The minimum atomic E-state index is -4.95. The van der Waals surface area contributed by atoms with Crippen molar-refractivity contribution in [2.75, 3.05) is 47.1 Å². The largest absolute Gasteiger partial charge is 0.497 e. The minimum absolute atomic E-state index is 0.0362. The summed E-state index contributed by atoms with van der Waals surface area (Å²) in [5.41, 5.74) is 0.394. The number of carbonyl (C=O) groups is 1. The van der Waals surface area contributed by atoms with Gasteiger partial charge in [0.1, 0.15) is 29.4 Å². The van der Waals surface area contributed by atoms with Crippen LogP contribution in [0, 0.1) is 6.92 Å². The summed E-state index contributed by atoms with van der Waals surface area (Å²) in [4.78, 5) is 39.0. The molecule has 1 aliphatic rings. The number of aromatic nitrogens is 2. The molecule has 4 atom stereocenters. The molecule has 0 bridgehead atoms. The zero-order valence-electron chi connectivity index (χ0n) is 33.1. The van der Waals surface area contributed by atoms with Gasteiger partial charge in [0, 0.05) is 37.8 Å². The van der Waals surface area contributed by atoms with E-state index in [-0.39, 0.29) is 32.6 Å². The summed E-state index contributed by atoms with van der Waals surface area (Å²) in [6, 6.07) is 24.9. The number of unbranched alkanes of at least 4 members (excludes halogenated alkanes) is 1. The highest BCUT2D eigenvalue weighted by Gasteiger charge is 2.45. The van der Waals surface area contributed by atoms with E-state index in [9.17, 15) is 27.6 Å². The fraction of sp³-hybridized carbons (Fsp3) is 0.439. The van der Waals surface area contributed by atoms with Crippen molar-refractivity contribution >= 4 is 14.4 Å². The molecule has 1 amide bonds. The summed E-state index contributed by atoms with van der Waals surface area (Å²) in [6.07, 6.45) is -5.01. The zero-order valence-corrected chi connectivity index (χ0v) is 34.0. The van der Waals surface area contributed by atoms with Crippen molar-refractivity contribution < 1.29 is 46.0 Å². The van der Waals surface area contributed by atoms with E-state index in [0.717, 1.165) is 16.7 Å². The number of amides is 1. The number of nitrogens with one attached hydrogen (secondary N) is 2. The smallest absolute Gasteiger partial charge is 0.471 e. The molecule has 0 radical (unpaired) electrons. The van der Waals surface area contributed by atoms with E-state index in [4.69, 9.17) is 28.0 Å². The standard InChI is InChI=1S/C41H50F3N4O9P/c1-6-47(7-2)58(55-24-12-11-23-45-38(50)41(42,43)44)57-34-25-36(48-26-28(3)37(49)46-39(48)51)56-35(34)27-54-40(29-13-9-8-10-14-29,30-15-19-32(52-4)20-16-30)31-17-21-33(53-5)22-18-31/h8-10,13-22,26,34-36H,6-7,11-12,23-25,27H2,1-5H3,(H,45,50)(H,46,49,51)/t34-,35+,36+,58?/m0/s1. The SMILES string of the molecule is CCN(CC)P(OCCCCNC(=O)C(F)(F)F)O[C@H]1C[C@H](n2cc(C)c(=O)[nH]c2=O)O[C@@H]1COC(c1ccccc1)(c1ccc(OC)cc1)c1ccc(OC)cc1. The normalized spacial score (nSPS) is 17.6. The van der Waals surface area contributed by atoms with Gasteiger partial charge >= 0.3 is 17.8 Å². The number of alkyl halides is 3. The Morgan fingerprint density at radius 3 is 2.05 bits per heavy atom. The number of benzene rings is 3. The van der Waals surface area contributed by atoms with Gasteiger partial charge in [0.2, 0.25) is 0 Å². The fourth-order valence-electron chi connectivity index (χ4n) is 6.63. The summed E-state index contributed by atoms with van der Waals surface area (Å²) in [5.74, 6) is -0.667. The van der Waals surface area contributed by atoms with Gasteiger partial charge in [-0.05, 0) is 60.7 Å². The number of aryl methyl sites for hydroxylation is 1. The number of aromatic amines is 1. The van der Waals surface area contributed by atoms with E-state index in [1.54, 1.807) is 21.1 Å². The van der Waals surface area contributed by atoms with E-state index >= 15 is 0 Å². The number of halogens is 3. The number of hydrogen-bond donors (Lipinski definition) is 2. The Bertz CT molecular complexity index is 1980. The Hall–Kier alpha value is -4.57. The van der Waals surface area contributed by atoms with E-state index in [1.165, 1.54) is 10.8 Å². The second-order valence-corrected chi connectivity index (χ2v) is 15.0. The highest BCUT2D eigenvalue weighted by atomic mass is 31.2. The fourth-order valence-corrected chi connectivity index (χ4v) is 8.19. The molecule has 0 aliphatic carbocycles. The Kier molecular flexibility index (Phi) is 15.7. The molecule has 2 heterocycles. The van der Waals surface area contributed by atoms with Crippen LogP contribution < -0.4 is 26.0 Å². The molecule has 1 unspecified atom stereocenters. The zero-order chi connectivity index (χ0) is 41.9. The minimum Gasteiger partial charge on any atom is -0.497 e. The van der Waals surface area contributed by atoms with Crippen LogP contribution in [0.5, 0.6) is 11.5 Å². The van der Waals surface area contributed by atoms with Crippen LogP contribution in [0.3, 0.4) is 0 Å². The van der Waals surface area contributed by atoms with Crippen LogP contribution in [0.1, 0.15) is 61.6 Å². The van der Waals surface area contributed by atoms with Gasteiger partial charge in [0.15, 0.2) is 0 Å². The highest BCUT2D eigenvalue weighted by molar-refractivity contribution is 7.44. The quantitative estimate of drug-likeness (QED) is 0.0570. The first-order valence-corrected chi connectivity index (χ1v) is 20.1. The number of methoxy groups -OCH3 is 2. The van der Waals surface area contributed by atoms with Crippen LogP contribution in [0.2, 0.25) is 0 Å². The Morgan fingerprint density at radius 1 is 0.914 bits per heavy atom. The number of nitrogens with zero attached hydrogens (tertiary/aromatic N) is 2. The second-order valence-electron chi connectivity index (χ2n) is 13.5. The van der Waals surface area contributed by atoms with Gasteiger partial charge in [-0.3, -0.25) is 19.1 Å². The average Bonchev–Trinajstić information content (AvgIpc) is 3.63. The van der Waals surface area contributed by atoms with Crippen LogP contribution >= 0.6 is 8.53 Å². The van der Waals surface area contributed by atoms with Crippen LogP contribution in [-0.2, 0) is 28.9 Å². The highest BCUT2D eigenvalue weighted by Crippen LogP contribution is 2.48. The molecular formula is C41H50F3N4O9P. The average molecular weight is 831 g/mol. The first-order valence-electron chi connectivity index (χ1n) is 19.0. The van der Waals surface area contributed by atoms with E-state index in [1.807, 2.05) is 103 Å². The molecule has 1 saturated heterocycles. The summed E-state index contributed by atoms with van der Waals surface area (Å²) in [6.45, 7) is 6.57. The predicted molar refractivity (Wildman–Crippen MR) is 212 cm³/mol. The van der Waals surface area contributed by atoms with Crippen LogP contribution in [0.25, 0.3) is 0 Å². The maximum Gasteiger partial charge on any atom is 0.471 e. The van der Waals surface area contributed by atoms with Crippen molar-refractivity contribution in [1.29, 1.82) is 0 Å². The van der Waals surface area contributed by atoms with E-state index in [2.05, 4.69) is 4.98 Å². The lowest BCUT2D eigenvalue weighted by molar-refractivity contribution is -0.173. The molecule has 1 aliphatic heterocycles. The molecule has 3 aromatic carbocycles. The lowest BCUT2D eigenvalue weighted by Gasteiger charge is -2.37.